The smallest absolute Gasteiger partial charge is 0.257 e. The van der Waals surface area contributed by atoms with Gasteiger partial charge >= 0.3 is 0 Å². The standard InChI is InChI=1S/C22H22FN5O2/c23-18-6-4-16(5-7-18)19-26-21(27-30-19)22(10-15-2-3-15)8-1-9-28(13-22)20(29)17-11-24-14-25-12-17/h4-7,11-12,14-15H,1-3,8-10,13H2. The summed E-state index contributed by atoms with van der Waals surface area (Å²) in [4.78, 5) is 27.5. The number of hydrogen-bond acceptors (Lipinski definition) is 6. The summed E-state index contributed by atoms with van der Waals surface area (Å²) in [7, 11) is 0. The molecule has 2 fully saturated rings. The molecule has 1 aliphatic carbocycles. The minimum atomic E-state index is -0.341. The maximum Gasteiger partial charge on any atom is 0.257 e. The van der Waals surface area contributed by atoms with Gasteiger partial charge in [0.25, 0.3) is 11.8 Å². The van der Waals surface area contributed by atoms with Gasteiger partial charge in [0.15, 0.2) is 5.82 Å². The molecule has 8 heteroatoms. The molecular weight excluding hydrogens is 385 g/mol. The van der Waals surface area contributed by atoms with Gasteiger partial charge in [-0.2, -0.15) is 4.98 Å². The Labute approximate surface area is 173 Å². The van der Waals surface area contributed by atoms with Crippen LogP contribution in [0, 0.1) is 11.7 Å². The van der Waals surface area contributed by atoms with Gasteiger partial charge in [0, 0.05) is 31.0 Å². The lowest BCUT2D eigenvalue weighted by molar-refractivity contribution is 0.0606. The fourth-order valence-electron chi connectivity index (χ4n) is 4.36. The molecule has 1 aliphatic heterocycles. The highest BCUT2D eigenvalue weighted by Gasteiger charge is 2.46. The summed E-state index contributed by atoms with van der Waals surface area (Å²) in [5.41, 5.74) is 0.827. The van der Waals surface area contributed by atoms with Crippen LogP contribution < -0.4 is 0 Å². The fourth-order valence-corrected chi connectivity index (χ4v) is 4.36. The van der Waals surface area contributed by atoms with Crippen LogP contribution in [0.25, 0.3) is 11.5 Å². The summed E-state index contributed by atoms with van der Waals surface area (Å²) in [6.45, 7) is 1.22. The van der Waals surface area contributed by atoms with Crippen molar-refractivity contribution >= 4 is 5.91 Å². The summed E-state index contributed by atoms with van der Waals surface area (Å²) >= 11 is 0. The van der Waals surface area contributed by atoms with Crippen molar-refractivity contribution in [3.63, 3.8) is 0 Å². The van der Waals surface area contributed by atoms with Gasteiger partial charge in [0.05, 0.1) is 11.0 Å². The first-order valence-electron chi connectivity index (χ1n) is 10.3. The third kappa shape index (κ3) is 3.69. The Morgan fingerprint density at radius 1 is 1.20 bits per heavy atom. The maximum absolute atomic E-state index is 13.3. The topological polar surface area (TPSA) is 85.0 Å². The van der Waals surface area contributed by atoms with Crippen molar-refractivity contribution in [2.24, 2.45) is 5.92 Å². The summed E-state index contributed by atoms with van der Waals surface area (Å²) in [5, 5.41) is 4.32. The summed E-state index contributed by atoms with van der Waals surface area (Å²) in [6.07, 6.45) is 9.62. The molecule has 3 aromatic rings. The molecular formula is C22H22FN5O2. The molecule has 2 aromatic heterocycles. The van der Waals surface area contributed by atoms with Crippen LogP contribution in [0.15, 0.2) is 47.5 Å². The number of hydrogen-bond donors (Lipinski definition) is 0. The second-order valence-corrected chi connectivity index (χ2v) is 8.32. The van der Waals surface area contributed by atoms with Gasteiger partial charge in [-0.25, -0.2) is 14.4 Å². The van der Waals surface area contributed by atoms with Gasteiger partial charge in [-0.1, -0.05) is 18.0 Å². The van der Waals surface area contributed by atoms with Crippen LogP contribution in [0.1, 0.15) is 48.3 Å². The average Bonchev–Trinajstić information content (AvgIpc) is 3.45. The molecule has 1 unspecified atom stereocenters. The molecule has 3 heterocycles. The Morgan fingerprint density at radius 3 is 2.70 bits per heavy atom. The molecule has 5 rings (SSSR count). The van der Waals surface area contributed by atoms with E-state index in [0.29, 0.717) is 41.8 Å². The van der Waals surface area contributed by atoms with Crippen LogP contribution in [0.3, 0.4) is 0 Å². The van der Waals surface area contributed by atoms with E-state index in [1.165, 1.54) is 31.3 Å². The zero-order valence-corrected chi connectivity index (χ0v) is 16.5. The zero-order valence-electron chi connectivity index (χ0n) is 16.5. The van der Waals surface area contributed by atoms with Gasteiger partial charge in [-0.05, 0) is 49.4 Å². The van der Waals surface area contributed by atoms with E-state index in [1.54, 1.807) is 24.5 Å². The lowest BCUT2D eigenvalue weighted by atomic mass is 9.74. The van der Waals surface area contributed by atoms with Gasteiger partial charge in [-0.3, -0.25) is 4.79 Å². The third-order valence-electron chi connectivity index (χ3n) is 6.04. The summed E-state index contributed by atoms with van der Waals surface area (Å²) in [6, 6.07) is 6.02. The second kappa shape index (κ2) is 7.59. The Balaban J connectivity index is 1.44. The highest BCUT2D eigenvalue weighted by molar-refractivity contribution is 5.93. The van der Waals surface area contributed by atoms with Gasteiger partial charge in [0.2, 0.25) is 0 Å². The van der Waals surface area contributed by atoms with E-state index in [-0.39, 0.29) is 17.1 Å². The Morgan fingerprint density at radius 2 is 1.97 bits per heavy atom. The van der Waals surface area contributed by atoms with Crippen molar-refractivity contribution in [1.29, 1.82) is 0 Å². The zero-order chi connectivity index (χ0) is 20.6. The van der Waals surface area contributed by atoms with Crippen molar-refractivity contribution in [1.82, 2.24) is 25.0 Å². The quantitative estimate of drug-likeness (QED) is 0.642. The molecule has 1 amide bonds. The number of rotatable bonds is 5. The van der Waals surface area contributed by atoms with E-state index in [4.69, 9.17) is 9.51 Å². The number of halogens is 1. The summed E-state index contributed by atoms with van der Waals surface area (Å²) in [5.74, 6) is 1.26. The van der Waals surface area contributed by atoms with E-state index < -0.39 is 0 Å². The van der Waals surface area contributed by atoms with E-state index in [9.17, 15) is 9.18 Å². The van der Waals surface area contributed by atoms with Crippen molar-refractivity contribution in [3.05, 3.63) is 60.2 Å². The number of nitrogens with zero attached hydrogens (tertiary/aromatic N) is 5. The molecule has 154 valence electrons. The fraction of sp³-hybridized carbons (Fsp3) is 0.409. The molecule has 0 spiro atoms. The highest BCUT2D eigenvalue weighted by Crippen LogP contribution is 2.46. The Hall–Kier alpha value is -3.16. The minimum Gasteiger partial charge on any atom is -0.338 e. The first kappa shape index (κ1) is 18.8. The molecule has 30 heavy (non-hydrogen) atoms. The lowest BCUT2D eigenvalue weighted by Crippen LogP contribution is -2.49. The number of likely N-dealkylation sites (tertiary alicyclic amines) is 1. The number of aromatic nitrogens is 4. The maximum atomic E-state index is 13.3. The molecule has 2 aliphatic rings. The predicted molar refractivity (Wildman–Crippen MR) is 106 cm³/mol. The molecule has 7 nitrogen and oxygen atoms in total. The Kier molecular flexibility index (Phi) is 4.77. The first-order valence-corrected chi connectivity index (χ1v) is 10.3. The van der Waals surface area contributed by atoms with Crippen LogP contribution in [0.5, 0.6) is 0 Å². The number of amides is 1. The van der Waals surface area contributed by atoms with Gasteiger partial charge in [-0.15, -0.1) is 0 Å². The van der Waals surface area contributed by atoms with Crippen molar-refractivity contribution < 1.29 is 13.7 Å². The van der Waals surface area contributed by atoms with Crippen molar-refractivity contribution in [2.75, 3.05) is 13.1 Å². The van der Waals surface area contributed by atoms with Crippen LogP contribution in [-0.4, -0.2) is 44.0 Å². The monoisotopic (exact) mass is 407 g/mol. The number of carbonyl (C=O) groups excluding carboxylic acids is 1. The normalized spacial score (nSPS) is 21.6. The molecule has 1 saturated carbocycles. The summed E-state index contributed by atoms with van der Waals surface area (Å²) < 4.78 is 18.8. The van der Waals surface area contributed by atoms with E-state index in [2.05, 4.69) is 15.1 Å². The third-order valence-corrected chi connectivity index (χ3v) is 6.04. The molecule has 0 bridgehead atoms. The Bertz CT molecular complexity index is 1040. The second-order valence-electron chi connectivity index (χ2n) is 8.32. The molecule has 0 N–H and O–H groups in total. The van der Waals surface area contributed by atoms with E-state index in [1.807, 2.05) is 4.90 Å². The number of piperidine rings is 1. The van der Waals surface area contributed by atoms with Gasteiger partial charge in [0.1, 0.15) is 12.1 Å². The molecule has 0 radical (unpaired) electrons. The predicted octanol–water partition coefficient (Wildman–Crippen LogP) is 3.64. The lowest BCUT2D eigenvalue weighted by Gasteiger charge is -2.41. The molecule has 1 atom stereocenters. The van der Waals surface area contributed by atoms with Crippen LogP contribution in [-0.2, 0) is 5.41 Å². The van der Waals surface area contributed by atoms with Crippen molar-refractivity contribution in [3.8, 4) is 11.5 Å². The van der Waals surface area contributed by atoms with Crippen molar-refractivity contribution in [2.45, 2.75) is 37.5 Å². The van der Waals surface area contributed by atoms with Gasteiger partial charge < -0.3 is 9.42 Å². The first-order chi connectivity index (χ1) is 14.6. The van der Waals surface area contributed by atoms with E-state index in [0.717, 1.165) is 19.3 Å². The largest absolute Gasteiger partial charge is 0.338 e. The molecule has 1 aromatic carbocycles. The van der Waals surface area contributed by atoms with Crippen LogP contribution >= 0.6 is 0 Å². The average molecular weight is 407 g/mol. The SMILES string of the molecule is O=C(c1cncnc1)N1CCCC(CC2CC2)(c2noc(-c3ccc(F)cc3)n2)C1. The number of carbonyl (C=O) groups is 1. The van der Waals surface area contributed by atoms with Crippen LogP contribution in [0.2, 0.25) is 0 Å². The highest BCUT2D eigenvalue weighted by atomic mass is 19.1. The minimum absolute atomic E-state index is 0.0716. The van der Waals surface area contributed by atoms with E-state index >= 15 is 0 Å². The molecule has 1 saturated heterocycles. The number of benzene rings is 1. The van der Waals surface area contributed by atoms with Crippen LogP contribution in [0.4, 0.5) is 4.39 Å².